The maximum Gasteiger partial charge on any atom is 0.139 e. The Morgan fingerprint density at radius 1 is 1.30 bits per heavy atom. The predicted octanol–water partition coefficient (Wildman–Crippen LogP) is 2.45. The van der Waals surface area contributed by atoms with Crippen molar-refractivity contribution in [2.75, 3.05) is 11.9 Å². The molecular weight excluding hydrogens is 255 g/mol. The highest BCUT2D eigenvalue weighted by Gasteiger charge is 2.13. The normalized spacial score (nSPS) is 10.3. The first kappa shape index (κ1) is 14.0. The molecule has 0 fully saturated rings. The summed E-state index contributed by atoms with van der Waals surface area (Å²) in [7, 11) is 1.81. The Morgan fingerprint density at radius 3 is 2.65 bits per heavy atom. The Hall–Kier alpha value is -2.43. The summed E-state index contributed by atoms with van der Waals surface area (Å²) in [5.41, 5.74) is 7.52. The molecule has 0 saturated carbocycles. The minimum Gasteiger partial charge on any atom is -0.384 e. The van der Waals surface area contributed by atoms with Crippen molar-refractivity contribution in [1.82, 2.24) is 4.98 Å². The van der Waals surface area contributed by atoms with Gasteiger partial charge < -0.3 is 10.6 Å². The number of nitrogens with zero attached hydrogens (tertiary/aromatic N) is 2. The van der Waals surface area contributed by atoms with E-state index in [2.05, 4.69) is 4.98 Å². The van der Waals surface area contributed by atoms with Crippen molar-refractivity contribution in [3.63, 3.8) is 0 Å². The van der Waals surface area contributed by atoms with Crippen LogP contribution in [0.1, 0.15) is 16.8 Å². The number of benzene rings is 1. The van der Waals surface area contributed by atoms with Crippen LogP contribution in [0.5, 0.6) is 0 Å². The second kappa shape index (κ2) is 5.69. The van der Waals surface area contributed by atoms with E-state index in [0.29, 0.717) is 23.5 Å². The van der Waals surface area contributed by atoms with E-state index in [0.717, 1.165) is 5.69 Å². The third-order valence-corrected chi connectivity index (χ3v) is 3.03. The van der Waals surface area contributed by atoms with E-state index in [4.69, 9.17) is 11.1 Å². The number of rotatable bonds is 4. The van der Waals surface area contributed by atoms with Crippen LogP contribution in [0.4, 0.5) is 10.2 Å². The van der Waals surface area contributed by atoms with Gasteiger partial charge in [-0.2, -0.15) is 0 Å². The van der Waals surface area contributed by atoms with E-state index in [1.807, 2.05) is 6.92 Å². The summed E-state index contributed by atoms with van der Waals surface area (Å²) < 4.78 is 13.7. The van der Waals surface area contributed by atoms with E-state index in [-0.39, 0.29) is 11.7 Å². The monoisotopic (exact) mass is 272 g/mol. The minimum atomic E-state index is -0.253. The second-order valence-electron chi connectivity index (χ2n) is 4.68. The molecule has 1 aromatic carbocycles. The molecule has 20 heavy (non-hydrogen) atoms. The van der Waals surface area contributed by atoms with Gasteiger partial charge >= 0.3 is 0 Å². The van der Waals surface area contributed by atoms with Crippen LogP contribution >= 0.6 is 0 Å². The quantitative estimate of drug-likeness (QED) is 0.663. The van der Waals surface area contributed by atoms with E-state index in [9.17, 15) is 4.39 Å². The molecule has 1 heterocycles. The van der Waals surface area contributed by atoms with Gasteiger partial charge in [-0.05, 0) is 25.1 Å². The van der Waals surface area contributed by atoms with Gasteiger partial charge in [0.1, 0.15) is 17.5 Å². The Kier molecular flexibility index (Phi) is 3.98. The molecule has 0 spiro atoms. The maximum atomic E-state index is 13.7. The Labute approximate surface area is 117 Å². The molecule has 5 heteroatoms. The Balaban J connectivity index is 2.34. The summed E-state index contributed by atoms with van der Waals surface area (Å²) in [5, 5.41) is 7.60. The number of hydrogen-bond donors (Lipinski definition) is 2. The molecule has 2 aromatic rings. The lowest BCUT2D eigenvalue weighted by atomic mass is 10.1. The van der Waals surface area contributed by atoms with Crippen LogP contribution in [0.3, 0.4) is 0 Å². The van der Waals surface area contributed by atoms with Gasteiger partial charge in [0.15, 0.2) is 0 Å². The Bertz CT molecular complexity index is 640. The maximum absolute atomic E-state index is 13.7. The number of halogens is 1. The molecule has 0 radical (unpaired) electrons. The lowest BCUT2D eigenvalue weighted by Gasteiger charge is -2.21. The van der Waals surface area contributed by atoms with Crippen molar-refractivity contribution in [3.8, 4) is 0 Å². The molecule has 3 N–H and O–H groups in total. The summed E-state index contributed by atoms with van der Waals surface area (Å²) in [6.45, 7) is 2.23. The molecular formula is C15H17FN4. The number of pyridine rings is 1. The Morgan fingerprint density at radius 2 is 2.00 bits per heavy atom. The highest BCUT2D eigenvalue weighted by Crippen LogP contribution is 2.20. The zero-order valence-electron chi connectivity index (χ0n) is 11.5. The number of aryl methyl sites for hydroxylation is 1. The molecule has 2 rings (SSSR count). The fraction of sp³-hybridized carbons (Fsp3) is 0.200. The number of amidine groups is 1. The van der Waals surface area contributed by atoms with Crippen LogP contribution in [0, 0.1) is 18.2 Å². The average Bonchev–Trinajstić information content (AvgIpc) is 2.40. The summed E-state index contributed by atoms with van der Waals surface area (Å²) >= 11 is 0. The minimum absolute atomic E-state index is 0.0483. The molecule has 0 atom stereocenters. The largest absolute Gasteiger partial charge is 0.384 e. The summed E-state index contributed by atoms with van der Waals surface area (Å²) in [4.78, 5) is 6.20. The topological polar surface area (TPSA) is 66.0 Å². The average molecular weight is 272 g/mol. The van der Waals surface area contributed by atoms with Gasteiger partial charge in [-0.25, -0.2) is 9.37 Å². The standard InChI is InChI=1S/C15H17FN4/c1-10-7-8-12(14(17)18)15(19-10)20(2)9-11-5-3-4-6-13(11)16/h3-8H,9H2,1-2H3,(H3,17,18). The van der Waals surface area contributed by atoms with Gasteiger partial charge in [-0.15, -0.1) is 0 Å². The van der Waals surface area contributed by atoms with Crippen molar-refractivity contribution in [2.45, 2.75) is 13.5 Å². The number of anilines is 1. The zero-order chi connectivity index (χ0) is 14.7. The van der Waals surface area contributed by atoms with Crippen molar-refractivity contribution in [1.29, 1.82) is 5.41 Å². The lowest BCUT2D eigenvalue weighted by molar-refractivity contribution is 0.607. The van der Waals surface area contributed by atoms with Crippen molar-refractivity contribution >= 4 is 11.7 Å². The zero-order valence-corrected chi connectivity index (χ0v) is 11.5. The van der Waals surface area contributed by atoms with Crippen LogP contribution in [-0.4, -0.2) is 17.9 Å². The highest BCUT2D eigenvalue weighted by molar-refractivity contribution is 5.99. The highest BCUT2D eigenvalue weighted by atomic mass is 19.1. The van der Waals surface area contributed by atoms with Crippen LogP contribution < -0.4 is 10.6 Å². The first-order valence-corrected chi connectivity index (χ1v) is 6.25. The molecule has 1 aromatic heterocycles. The molecule has 0 bridgehead atoms. The molecule has 0 aliphatic heterocycles. The molecule has 0 unspecified atom stereocenters. The van der Waals surface area contributed by atoms with E-state index in [1.165, 1.54) is 6.07 Å². The molecule has 4 nitrogen and oxygen atoms in total. The fourth-order valence-corrected chi connectivity index (χ4v) is 2.00. The predicted molar refractivity (Wildman–Crippen MR) is 78.5 cm³/mol. The number of nitrogens with two attached hydrogens (primary N) is 1. The number of hydrogen-bond acceptors (Lipinski definition) is 3. The van der Waals surface area contributed by atoms with E-state index >= 15 is 0 Å². The number of nitrogens with one attached hydrogen (secondary N) is 1. The summed E-state index contributed by atoms with van der Waals surface area (Å²) in [6, 6.07) is 10.2. The summed E-state index contributed by atoms with van der Waals surface area (Å²) in [5.74, 6) is 0.282. The van der Waals surface area contributed by atoms with Gasteiger partial charge in [0, 0.05) is 24.8 Å². The molecule has 0 aliphatic carbocycles. The van der Waals surface area contributed by atoms with Gasteiger partial charge in [0.2, 0.25) is 0 Å². The van der Waals surface area contributed by atoms with Crippen molar-refractivity contribution < 1.29 is 4.39 Å². The van der Waals surface area contributed by atoms with Gasteiger partial charge in [0.25, 0.3) is 0 Å². The van der Waals surface area contributed by atoms with E-state index in [1.54, 1.807) is 42.3 Å². The second-order valence-corrected chi connectivity index (χ2v) is 4.68. The number of aromatic nitrogens is 1. The summed E-state index contributed by atoms with van der Waals surface area (Å²) in [6.07, 6.45) is 0. The van der Waals surface area contributed by atoms with E-state index < -0.39 is 0 Å². The van der Waals surface area contributed by atoms with Crippen molar-refractivity contribution in [3.05, 3.63) is 59.0 Å². The molecule has 0 aliphatic rings. The lowest BCUT2D eigenvalue weighted by Crippen LogP contribution is -2.24. The first-order valence-electron chi connectivity index (χ1n) is 6.25. The van der Waals surface area contributed by atoms with Crippen LogP contribution in [0.2, 0.25) is 0 Å². The smallest absolute Gasteiger partial charge is 0.139 e. The fourth-order valence-electron chi connectivity index (χ4n) is 2.00. The third kappa shape index (κ3) is 2.93. The van der Waals surface area contributed by atoms with Gasteiger partial charge in [0.05, 0.1) is 5.56 Å². The van der Waals surface area contributed by atoms with Crippen LogP contribution in [-0.2, 0) is 6.54 Å². The number of nitrogen functional groups attached to an aromatic ring is 1. The molecule has 0 saturated heterocycles. The third-order valence-electron chi connectivity index (χ3n) is 3.03. The molecule has 0 amide bonds. The molecule has 104 valence electrons. The van der Waals surface area contributed by atoms with Crippen LogP contribution in [0.15, 0.2) is 36.4 Å². The van der Waals surface area contributed by atoms with Crippen LogP contribution in [0.25, 0.3) is 0 Å². The SMILES string of the molecule is Cc1ccc(C(=N)N)c(N(C)Cc2ccccc2F)n1. The van der Waals surface area contributed by atoms with Gasteiger partial charge in [-0.1, -0.05) is 18.2 Å². The van der Waals surface area contributed by atoms with Gasteiger partial charge in [-0.3, -0.25) is 5.41 Å². The van der Waals surface area contributed by atoms with Crippen molar-refractivity contribution in [2.24, 2.45) is 5.73 Å². The first-order chi connectivity index (χ1) is 9.49.